The summed E-state index contributed by atoms with van der Waals surface area (Å²) in [6.07, 6.45) is 4.99. The molecule has 0 N–H and O–H groups in total. The van der Waals surface area contributed by atoms with Crippen molar-refractivity contribution in [1.82, 2.24) is 9.80 Å². The van der Waals surface area contributed by atoms with E-state index >= 15 is 0 Å². The summed E-state index contributed by atoms with van der Waals surface area (Å²) in [5.74, 6) is 0.151. The first kappa shape index (κ1) is 14.3. The first-order valence-corrected chi connectivity index (χ1v) is 7.82. The third kappa shape index (κ3) is 3.16. The van der Waals surface area contributed by atoms with Crippen molar-refractivity contribution in [2.45, 2.75) is 38.3 Å². The van der Waals surface area contributed by atoms with Gasteiger partial charge in [-0.05, 0) is 36.9 Å². The molecule has 1 aromatic carbocycles. The Morgan fingerprint density at radius 2 is 2.00 bits per heavy atom. The highest BCUT2D eigenvalue weighted by molar-refractivity contribution is 5.79. The average molecular weight is 286 g/mol. The normalized spacial score (nSPS) is 22.7. The minimum Gasteiger partial charge on any atom is -0.337 e. The zero-order valence-electron chi connectivity index (χ0n) is 12.3. The number of hydrogen-bond acceptors (Lipinski definition) is 3. The van der Waals surface area contributed by atoms with Crippen molar-refractivity contribution in [2.24, 2.45) is 0 Å². The minimum atomic E-state index is -0.0697. The lowest BCUT2D eigenvalue weighted by atomic mass is 9.99. The van der Waals surface area contributed by atoms with Crippen LogP contribution in [0.4, 0.5) is 0 Å². The first-order valence-electron chi connectivity index (χ1n) is 7.82. The molecule has 4 heteroatoms. The van der Waals surface area contributed by atoms with Gasteiger partial charge < -0.3 is 9.69 Å². The van der Waals surface area contributed by atoms with Crippen molar-refractivity contribution in [3.8, 4) is 0 Å². The van der Waals surface area contributed by atoms with Gasteiger partial charge in [0.25, 0.3) is 0 Å². The molecule has 1 unspecified atom stereocenters. The quantitative estimate of drug-likeness (QED) is 0.793. The first-order chi connectivity index (χ1) is 10.3. The SMILES string of the molecule is O=CC1CCCCN1CC(=O)N1CCc2ccccc2C1. The maximum Gasteiger partial charge on any atom is 0.237 e. The second kappa shape index (κ2) is 6.39. The summed E-state index contributed by atoms with van der Waals surface area (Å²) in [4.78, 5) is 27.6. The van der Waals surface area contributed by atoms with E-state index in [9.17, 15) is 9.59 Å². The molecule has 1 atom stereocenters. The van der Waals surface area contributed by atoms with Crippen LogP contribution in [0.15, 0.2) is 24.3 Å². The summed E-state index contributed by atoms with van der Waals surface area (Å²) >= 11 is 0. The van der Waals surface area contributed by atoms with Crippen LogP contribution >= 0.6 is 0 Å². The molecule has 112 valence electrons. The molecular weight excluding hydrogens is 264 g/mol. The summed E-state index contributed by atoms with van der Waals surface area (Å²) in [7, 11) is 0. The number of rotatable bonds is 3. The molecule has 1 saturated heterocycles. The van der Waals surface area contributed by atoms with Crippen LogP contribution in [-0.2, 0) is 22.6 Å². The predicted octanol–water partition coefficient (Wildman–Crippen LogP) is 1.62. The zero-order valence-corrected chi connectivity index (χ0v) is 12.3. The van der Waals surface area contributed by atoms with E-state index in [0.717, 1.165) is 45.1 Å². The number of nitrogens with zero attached hydrogens (tertiary/aromatic N) is 2. The third-order valence-corrected chi connectivity index (χ3v) is 4.64. The highest BCUT2D eigenvalue weighted by atomic mass is 16.2. The van der Waals surface area contributed by atoms with Gasteiger partial charge in [-0.25, -0.2) is 0 Å². The molecular formula is C17H22N2O2. The van der Waals surface area contributed by atoms with Gasteiger partial charge >= 0.3 is 0 Å². The molecule has 0 spiro atoms. The second-order valence-corrected chi connectivity index (χ2v) is 6.00. The topological polar surface area (TPSA) is 40.6 Å². The highest BCUT2D eigenvalue weighted by Gasteiger charge is 2.27. The summed E-state index contributed by atoms with van der Waals surface area (Å²) in [5, 5.41) is 0. The molecule has 2 aliphatic rings. The Morgan fingerprint density at radius 1 is 1.19 bits per heavy atom. The molecule has 0 aliphatic carbocycles. The average Bonchev–Trinajstić information content (AvgIpc) is 2.55. The number of carbonyl (C=O) groups is 2. The second-order valence-electron chi connectivity index (χ2n) is 6.00. The Hall–Kier alpha value is -1.68. The lowest BCUT2D eigenvalue weighted by Gasteiger charge is -2.35. The monoisotopic (exact) mass is 286 g/mol. The van der Waals surface area contributed by atoms with E-state index in [1.54, 1.807) is 0 Å². The van der Waals surface area contributed by atoms with Crippen LogP contribution < -0.4 is 0 Å². The van der Waals surface area contributed by atoms with Gasteiger partial charge in [0.2, 0.25) is 5.91 Å². The fourth-order valence-corrected chi connectivity index (χ4v) is 3.35. The van der Waals surface area contributed by atoms with Gasteiger partial charge in [0.05, 0.1) is 12.6 Å². The minimum absolute atomic E-state index is 0.0697. The van der Waals surface area contributed by atoms with Crippen LogP contribution in [0.2, 0.25) is 0 Å². The molecule has 0 aromatic heterocycles. The molecule has 2 aliphatic heterocycles. The highest BCUT2D eigenvalue weighted by Crippen LogP contribution is 2.20. The van der Waals surface area contributed by atoms with E-state index < -0.39 is 0 Å². The summed E-state index contributed by atoms with van der Waals surface area (Å²) in [6.45, 7) is 2.73. The van der Waals surface area contributed by atoms with Crippen molar-refractivity contribution in [3.63, 3.8) is 0 Å². The van der Waals surface area contributed by atoms with Crippen molar-refractivity contribution in [3.05, 3.63) is 35.4 Å². The van der Waals surface area contributed by atoms with E-state index in [0.29, 0.717) is 13.1 Å². The van der Waals surface area contributed by atoms with Gasteiger partial charge in [-0.2, -0.15) is 0 Å². The number of benzene rings is 1. The van der Waals surface area contributed by atoms with Gasteiger partial charge in [-0.3, -0.25) is 9.69 Å². The van der Waals surface area contributed by atoms with Crippen LogP contribution in [0, 0.1) is 0 Å². The van der Waals surface area contributed by atoms with E-state index in [-0.39, 0.29) is 11.9 Å². The Bertz CT molecular complexity index is 529. The molecule has 1 fully saturated rings. The Balaban J connectivity index is 1.62. The van der Waals surface area contributed by atoms with Crippen molar-refractivity contribution < 1.29 is 9.59 Å². The van der Waals surface area contributed by atoms with Crippen molar-refractivity contribution in [1.29, 1.82) is 0 Å². The van der Waals surface area contributed by atoms with Gasteiger partial charge in [0, 0.05) is 13.1 Å². The Kier molecular flexibility index (Phi) is 4.34. The lowest BCUT2D eigenvalue weighted by Crippen LogP contribution is -2.48. The van der Waals surface area contributed by atoms with Crippen LogP contribution in [-0.4, -0.2) is 47.7 Å². The van der Waals surface area contributed by atoms with Crippen LogP contribution in [0.1, 0.15) is 30.4 Å². The molecule has 1 aromatic rings. The standard InChI is InChI=1S/C17H22N2O2/c20-13-16-7-3-4-9-18(16)12-17(21)19-10-8-14-5-1-2-6-15(14)11-19/h1-2,5-6,13,16H,3-4,7-12H2. The van der Waals surface area contributed by atoms with Crippen molar-refractivity contribution in [2.75, 3.05) is 19.6 Å². The van der Waals surface area contributed by atoms with E-state index in [1.165, 1.54) is 11.1 Å². The fraction of sp³-hybridized carbons (Fsp3) is 0.529. The number of aldehydes is 1. The summed E-state index contributed by atoms with van der Waals surface area (Å²) < 4.78 is 0. The molecule has 2 heterocycles. The van der Waals surface area contributed by atoms with Gasteiger partial charge in [-0.15, -0.1) is 0 Å². The zero-order chi connectivity index (χ0) is 14.7. The van der Waals surface area contributed by atoms with Gasteiger partial charge in [0.15, 0.2) is 0 Å². The smallest absolute Gasteiger partial charge is 0.237 e. The number of fused-ring (bicyclic) bond motifs is 1. The van der Waals surface area contributed by atoms with Crippen LogP contribution in [0.25, 0.3) is 0 Å². The van der Waals surface area contributed by atoms with Crippen molar-refractivity contribution >= 4 is 12.2 Å². The number of carbonyl (C=O) groups excluding carboxylic acids is 2. The van der Waals surface area contributed by atoms with E-state index in [4.69, 9.17) is 0 Å². The molecule has 3 rings (SSSR count). The molecule has 4 nitrogen and oxygen atoms in total. The Labute approximate surface area is 125 Å². The van der Waals surface area contributed by atoms with E-state index in [1.807, 2.05) is 15.9 Å². The molecule has 0 radical (unpaired) electrons. The molecule has 1 amide bonds. The fourth-order valence-electron chi connectivity index (χ4n) is 3.35. The van der Waals surface area contributed by atoms with E-state index in [2.05, 4.69) is 18.2 Å². The largest absolute Gasteiger partial charge is 0.337 e. The van der Waals surface area contributed by atoms with Crippen LogP contribution in [0.5, 0.6) is 0 Å². The Morgan fingerprint density at radius 3 is 2.81 bits per heavy atom. The number of hydrogen-bond donors (Lipinski definition) is 0. The van der Waals surface area contributed by atoms with Gasteiger partial charge in [0.1, 0.15) is 6.29 Å². The third-order valence-electron chi connectivity index (χ3n) is 4.64. The molecule has 21 heavy (non-hydrogen) atoms. The summed E-state index contributed by atoms with van der Waals surface area (Å²) in [6, 6.07) is 8.26. The number of piperidine rings is 1. The maximum absolute atomic E-state index is 12.5. The molecule has 0 saturated carbocycles. The number of likely N-dealkylation sites (tertiary alicyclic amines) is 1. The van der Waals surface area contributed by atoms with Crippen LogP contribution in [0.3, 0.4) is 0 Å². The maximum atomic E-state index is 12.5. The lowest BCUT2D eigenvalue weighted by molar-refractivity contribution is -0.134. The summed E-state index contributed by atoms with van der Waals surface area (Å²) in [5.41, 5.74) is 2.60. The number of amides is 1. The molecule has 0 bridgehead atoms. The van der Waals surface area contributed by atoms with Gasteiger partial charge in [-0.1, -0.05) is 30.7 Å². The predicted molar refractivity (Wildman–Crippen MR) is 80.8 cm³/mol.